The SMILES string of the molecule is CCOC(=O)Cc1ccc(OC)cc1O. The highest BCUT2D eigenvalue weighted by Crippen LogP contribution is 2.23. The van der Waals surface area contributed by atoms with Gasteiger partial charge in [0.2, 0.25) is 0 Å². The van der Waals surface area contributed by atoms with Crippen LogP contribution in [0.3, 0.4) is 0 Å². The van der Waals surface area contributed by atoms with Gasteiger partial charge in [0.1, 0.15) is 11.5 Å². The molecule has 1 aromatic carbocycles. The van der Waals surface area contributed by atoms with E-state index in [2.05, 4.69) is 0 Å². The van der Waals surface area contributed by atoms with E-state index in [0.717, 1.165) is 0 Å². The first kappa shape index (κ1) is 11.4. The van der Waals surface area contributed by atoms with Crippen molar-refractivity contribution in [3.8, 4) is 11.5 Å². The van der Waals surface area contributed by atoms with E-state index >= 15 is 0 Å². The van der Waals surface area contributed by atoms with E-state index in [9.17, 15) is 9.90 Å². The minimum atomic E-state index is -0.349. The van der Waals surface area contributed by atoms with Crippen LogP contribution in [0.1, 0.15) is 12.5 Å². The summed E-state index contributed by atoms with van der Waals surface area (Å²) in [5.74, 6) is 0.250. The second-order valence-electron chi connectivity index (χ2n) is 2.98. The molecule has 0 aliphatic rings. The van der Waals surface area contributed by atoms with Crippen LogP contribution in [0.4, 0.5) is 0 Å². The van der Waals surface area contributed by atoms with Crippen LogP contribution in [0.15, 0.2) is 18.2 Å². The number of hydrogen-bond acceptors (Lipinski definition) is 4. The zero-order valence-electron chi connectivity index (χ0n) is 8.82. The molecule has 0 saturated heterocycles. The van der Waals surface area contributed by atoms with Crippen molar-refractivity contribution in [2.75, 3.05) is 13.7 Å². The Bertz CT molecular complexity index is 346. The molecule has 0 aliphatic heterocycles. The molecule has 15 heavy (non-hydrogen) atoms. The van der Waals surface area contributed by atoms with E-state index in [1.165, 1.54) is 13.2 Å². The molecule has 0 amide bonds. The maximum Gasteiger partial charge on any atom is 0.310 e. The summed E-state index contributed by atoms with van der Waals surface area (Å²) in [6.45, 7) is 2.08. The van der Waals surface area contributed by atoms with Crippen molar-refractivity contribution in [1.82, 2.24) is 0 Å². The number of methoxy groups -OCH3 is 1. The molecule has 0 heterocycles. The largest absolute Gasteiger partial charge is 0.508 e. The van der Waals surface area contributed by atoms with Crippen LogP contribution in [0.2, 0.25) is 0 Å². The molecule has 82 valence electrons. The number of benzene rings is 1. The number of carbonyl (C=O) groups excluding carboxylic acids is 1. The Kier molecular flexibility index (Phi) is 3.97. The van der Waals surface area contributed by atoms with E-state index in [-0.39, 0.29) is 18.1 Å². The molecule has 0 saturated carbocycles. The van der Waals surface area contributed by atoms with Crippen molar-refractivity contribution in [3.05, 3.63) is 23.8 Å². The van der Waals surface area contributed by atoms with Gasteiger partial charge in [-0.25, -0.2) is 0 Å². The molecule has 1 aromatic rings. The fourth-order valence-electron chi connectivity index (χ4n) is 1.19. The van der Waals surface area contributed by atoms with Gasteiger partial charge >= 0.3 is 5.97 Å². The molecule has 0 aliphatic carbocycles. The van der Waals surface area contributed by atoms with Crippen LogP contribution in [0.5, 0.6) is 11.5 Å². The summed E-state index contributed by atoms with van der Waals surface area (Å²) in [7, 11) is 1.51. The first-order valence-corrected chi connectivity index (χ1v) is 4.69. The Labute approximate surface area is 88.4 Å². The zero-order chi connectivity index (χ0) is 11.3. The number of ether oxygens (including phenoxy) is 2. The van der Waals surface area contributed by atoms with Gasteiger partial charge in [-0.15, -0.1) is 0 Å². The topological polar surface area (TPSA) is 55.8 Å². The summed E-state index contributed by atoms with van der Waals surface area (Å²) in [5, 5.41) is 9.55. The van der Waals surface area contributed by atoms with Gasteiger partial charge in [0.25, 0.3) is 0 Å². The summed E-state index contributed by atoms with van der Waals surface area (Å²) in [5.41, 5.74) is 0.536. The van der Waals surface area contributed by atoms with Crippen molar-refractivity contribution in [2.45, 2.75) is 13.3 Å². The fraction of sp³-hybridized carbons (Fsp3) is 0.364. The monoisotopic (exact) mass is 210 g/mol. The lowest BCUT2D eigenvalue weighted by Crippen LogP contribution is -2.07. The predicted molar refractivity (Wildman–Crippen MR) is 55.0 cm³/mol. The van der Waals surface area contributed by atoms with Gasteiger partial charge in [-0.3, -0.25) is 4.79 Å². The van der Waals surface area contributed by atoms with Gasteiger partial charge in [0.05, 0.1) is 20.1 Å². The lowest BCUT2D eigenvalue weighted by Gasteiger charge is -2.06. The van der Waals surface area contributed by atoms with Crippen molar-refractivity contribution in [1.29, 1.82) is 0 Å². The molecule has 0 bridgehead atoms. The van der Waals surface area contributed by atoms with Crippen LogP contribution in [-0.2, 0) is 16.0 Å². The highest BCUT2D eigenvalue weighted by atomic mass is 16.5. The smallest absolute Gasteiger partial charge is 0.310 e. The summed E-state index contributed by atoms with van der Waals surface area (Å²) in [6, 6.07) is 4.80. The normalized spacial score (nSPS) is 9.73. The number of carbonyl (C=O) groups is 1. The average molecular weight is 210 g/mol. The van der Waals surface area contributed by atoms with Crippen molar-refractivity contribution >= 4 is 5.97 Å². The molecule has 0 atom stereocenters. The highest BCUT2D eigenvalue weighted by Gasteiger charge is 2.08. The van der Waals surface area contributed by atoms with Crippen molar-refractivity contribution in [2.24, 2.45) is 0 Å². The summed E-state index contributed by atoms with van der Waals surface area (Å²) >= 11 is 0. The molecule has 0 unspecified atom stereocenters. The van der Waals surface area contributed by atoms with Crippen LogP contribution in [-0.4, -0.2) is 24.8 Å². The second kappa shape index (κ2) is 5.24. The summed E-state index contributed by atoms with van der Waals surface area (Å²) < 4.78 is 9.70. The number of phenolic OH excluding ortho intramolecular Hbond substituents is 1. The summed E-state index contributed by atoms with van der Waals surface area (Å²) in [4.78, 5) is 11.2. The number of phenols is 1. The Morgan fingerprint density at radius 1 is 1.47 bits per heavy atom. The second-order valence-corrected chi connectivity index (χ2v) is 2.98. The predicted octanol–water partition coefficient (Wildman–Crippen LogP) is 1.51. The zero-order valence-corrected chi connectivity index (χ0v) is 8.82. The number of hydrogen-bond donors (Lipinski definition) is 1. The maximum absolute atomic E-state index is 11.2. The van der Waals surface area contributed by atoms with Gasteiger partial charge in [0.15, 0.2) is 0 Å². The molecule has 0 fully saturated rings. The first-order valence-electron chi connectivity index (χ1n) is 4.69. The van der Waals surface area contributed by atoms with Gasteiger partial charge in [-0.2, -0.15) is 0 Å². The Morgan fingerprint density at radius 3 is 2.73 bits per heavy atom. The highest BCUT2D eigenvalue weighted by molar-refractivity contribution is 5.73. The van der Waals surface area contributed by atoms with Gasteiger partial charge in [0, 0.05) is 11.6 Å². The number of rotatable bonds is 4. The molecule has 4 nitrogen and oxygen atoms in total. The number of aromatic hydroxyl groups is 1. The minimum Gasteiger partial charge on any atom is -0.508 e. The lowest BCUT2D eigenvalue weighted by atomic mass is 10.1. The number of esters is 1. The van der Waals surface area contributed by atoms with Gasteiger partial charge in [-0.1, -0.05) is 6.07 Å². The molecule has 0 aromatic heterocycles. The Balaban J connectivity index is 2.73. The molecule has 1 N–H and O–H groups in total. The Hall–Kier alpha value is -1.71. The third-order valence-electron chi connectivity index (χ3n) is 1.93. The molecular weight excluding hydrogens is 196 g/mol. The van der Waals surface area contributed by atoms with E-state index in [4.69, 9.17) is 9.47 Å². The van der Waals surface area contributed by atoms with Crippen LogP contribution in [0.25, 0.3) is 0 Å². The molecule has 0 spiro atoms. The standard InChI is InChI=1S/C11H14O4/c1-3-15-11(13)6-8-4-5-9(14-2)7-10(8)12/h4-5,7,12H,3,6H2,1-2H3. The minimum absolute atomic E-state index is 0.0439. The van der Waals surface area contributed by atoms with Crippen LogP contribution >= 0.6 is 0 Å². The molecule has 1 rings (SSSR count). The van der Waals surface area contributed by atoms with Gasteiger partial charge < -0.3 is 14.6 Å². The summed E-state index contributed by atoms with van der Waals surface area (Å²) in [6.07, 6.45) is 0.0731. The van der Waals surface area contributed by atoms with Crippen LogP contribution < -0.4 is 4.74 Å². The third-order valence-corrected chi connectivity index (χ3v) is 1.93. The van der Waals surface area contributed by atoms with E-state index in [1.54, 1.807) is 19.1 Å². The van der Waals surface area contributed by atoms with Gasteiger partial charge in [-0.05, 0) is 13.0 Å². The molecular formula is C11H14O4. The maximum atomic E-state index is 11.2. The van der Waals surface area contributed by atoms with E-state index in [1.807, 2.05) is 0 Å². The van der Waals surface area contributed by atoms with E-state index < -0.39 is 0 Å². The van der Waals surface area contributed by atoms with Crippen molar-refractivity contribution in [3.63, 3.8) is 0 Å². The van der Waals surface area contributed by atoms with Crippen molar-refractivity contribution < 1.29 is 19.4 Å². The quantitative estimate of drug-likeness (QED) is 0.765. The molecule has 4 heteroatoms. The van der Waals surface area contributed by atoms with E-state index in [0.29, 0.717) is 17.9 Å². The fourth-order valence-corrected chi connectivity index (χ4v) is 1.19. The van der Waals surface area contributed by atoms with Crippen LogP contribution in [0, 0.1) is 0 Å². The molecule has 0 radical (unpaired) electrons. The third kappa shape index (κ3) is 3.16. The first-order chi connectivity index (χ1) is 7.17. The average Bonchev–Trinajstić information content (AvgIpc) is 2.21. The Morgan fingerprint density at radius 2 is 2.20 bits per heavy atom. The lowest BCUT2D eigenvalue weighted by molar-refractivity contribution is -0.142.